The molecule has 0 aliphatic carbocycles. The molecule has 8 nitrogen and oxygen atoms in total. The number of pyridine rings is 1. The summed E-state index contributed by atoms with van der Waals surface area (Å²) in [6.07, 6.45) is 4.29. The number of aryl methyl sites for hydroxylation is 1. The van der Waals surface area contributed by atoms with Gasteiger partial charge < -0.3 is 10.1 Å². The molecule has 0 unspecified atom stereocenters. The van der Waals surface area contributed by atoms with Crippen molar-refractivity contribution in [2.24, 2.45) is 0 Å². The number of halogens is 2. The van der Waals surface area contributed by atoms with Crippen molar-refractivity contribution < 1.29 is 14.3 Å². The van der Waals surface area contributed by atoms with Crippen LogP contribution < -0.4 is 15.4 Å². The average molecular weight is 418 g/mol. The maximum Gasteiger partial charge on any atom is 0.326 e. The second-order valence-corrected chi connectivity index (χ2v) is 6.31. The number of urea groups is 1. The summed E-state index contributed by atoms with van der Waals surface area (Å²) in [5, 5.41) is 5.16. The molecule has 2 aromatic heterocycles. The molecule has 2 N–H and O–H groups in total. The largest absolute Gasteiger partial charge is 0.424 e. The Morgan fingerprint density at radius 3 is 2.50 bits per heavy atom. The molecule has 0 bridgehead atoms. The van der Waals surface area contributed by atoms with Crippen LogP contribution in [0.15, 0.2) is 48.9 Å². The van der Waals surface area contributed by atoms with Gasteiger partial charge in [-0.2, -0.15) is 0 Å². The first kappa shape index (κ1) is 19.5. The number of anilines is 1. The lowest BCUT2D eigenvalue weighted by Crippen LogP contribution is -2.34. The van der Waals surface area contributed by atoms with Crippen molar-refractivity contribution in [1.82, 2.24) is 20.3 Å². The lowest BCUT2D eigenvalue weighted by molar-refractivity contribution is 0.0967. The van der Waals surface area contributed by atoms with E-state index in [1.165, 1.54) is 24.7 Å². The van der Waals surface area contributed by atoms with Gasteiger partial charge in [0, 0.05) is 11.9 Å². The molecule has 0 aliphatic rings. The molecule has 3 rings (SSSR count). The highest BCUT2D eigenvalue weighted by atomic mass is 35.5. The average Bonchev–Trinajstić information content (AvgIpc) is 2.66. The number of hydrogen-bond donors (Lipinski definition) is 2. The maximum atomic E-state index is 12.1. The number of ether oxygens (including phenoxy) is 1. The van der Waals surface area contributed by atoms with Crippen molar-refractivity contribution in [3.63, 3.8) is 0 Å². The zero-order valence-corrected chi connectivity index (χ0v) is 16.0. The molecular formula is C18H13Cl2N5O3. The lowest BCUT2D eigenvalue weighted by atomic mass is 10.2. The van der Waals surface area contributed by atoms with E-state index in [-0.39, 0.29) is 16.7 Å². The molecule has 2 heterocycles. The number of imide groups is 1. The summed E-state index contributed by atoms with van der Waals surface area (Å²) in [7, 11) is 0. The van der Waals surface area contributed by atoms with Crippen LogP contribution in [0, 0.1) is 6.92 Å². The molecular weight excluding hydrogens is 405 g/mol. The standard InChI is InChI=1S/C18H13Cl2N5O3/c1-10-7-12(4-5-14(10)28-18-22-8-11(19)9-23-18)24-17(27)25-16(26)13-3-2-6-21-15(13)20/h2-9H,1H3,(H2,24,25,26,27). The van der Waals surface area contributed by atoms with Gasteiger partial charge in [-0.05, 0) is 42.8 Å². The number of nitrogens with zero attached hydrogens (tertiary/aromatic N) is 3. The second kappa shape index (κ2) is 8.64. The van der Waals surface area contributed by atoms with Crippen molar-refractivity contribution in [3.05, 3.63) is 70.2 Å². The van der Waals surface area contributed by atoms with Crippen LogP contribution in [0.2, 0.25) is 10.2 Å². The van der Waals surface area contributed by atoms with E-state index in [0.29, 0.717) is 16.5 Å². The van der Waals surface area contributed by atoms with Crippen LogP contribution in [-0.2, 0) is 0 Å². The van der Waals surface area contributed by atoms with Crippen LogP contribution in [0.1, 0.15) is 15.9 Å². The molecule has 3 amide bonds. The van der Waals surface area contributed by atoms with Crippen LogP contribution in [-0.4, -0.2) is 26.9 Å². The first-order valence-corrected chi connectivity index (χ1v) is 8.67. The first-order chi connectivity index (χ1) is 13.4. The Kier molecular flexibility index (Phi) is 6.03. The summed E-state index contributed by atoms with van der Waals surface area (Å²) < 4.78 is 5.57. The van der Waals surface area contributed by atoms with Crippen molar-refractivity contribution >= 4 is 40.8 Å². The Balaban J connectivity index is 1.63. The summed E-state index contributed by atoms with van der Waals surface area (Å²) in [5.74, 6) is -0.154. The van der Waals surface area contributed by atoms with Crippen molar-refractivity contribution in [2.75, 3.05) is 5.32 Å². The van der Waals surface area contributed by atoms with Crippen molar-refractivity contribution in [2.45, 2.75) is 6.92 Å². The van der Waals surface area contributed by atoms with Gasteiger partial charge in [0.25, 0.3) is 5.91 Å². The molecule has 10 heteroatoms. The van der Waals surface area contributed by atoms with E-state index < -0.39 is 11.9 Å². The maximum absolute atomic E-state index is 12.1. The molecule has 0 spiro atoms. The first-order valence-electron chi connectivity index (χ1n) is 7.91. The summed E-state index contributed by atoms with van der Waals surface area (Å²) in [4.78, 5) is 35.8. The normalized spacial score (nSPS) is 10.2. The van der Waals surface area contributed by atoms with Gasteiger partial charge in [0.1, 0.15) is 10.9 Å². The quantitative estimate of drug-likeness (QED) is 0.614. The number of carbonyl (C=O) groups excluding carboxylic acids is 2. The molecule has 0 aliphatic heterocycles. The zero-order valence-electron chi connectivity index (χ0n) is 14.4. The molecule has 0 saturated heterocycles. The lowest BCUT2D eigenvalue weighted by Gasteiger charge is -2.11. The number of hydrogen-bond acceptors (Lipinski definition) is 6. The number of rotatable bonds is 4. The van der Waals surface area contributed by atoms with E-state index >= 15 is 0 Å². The number of benzene rings is 1. The van der Waals surface area contributed by atoms with Gasteiger partial charge in [-0.1, -0.05) is 23.2 Å². The molecule has 28 heavy (non-hydrogen) atoms. The molecule has 0 fully saturated rings. The van der Waals surface area contributed by atoms with Gasteiger partial charge in [-0.15, -0.1) is 0 Å². The summed E-state index contributed by atoms with van der Waals surface area (Å²) in [6.45, 7) is 1.79. The Bertz CT molecular complexity index is 1030. The van der Waals surface area contributed by atoms with E-state index in [0.717, 1.165) is 5.56 Å². The fourth-order valence-corrected chi connectivity index (χ4v) is 2.48. The van der Waals surface area contributed by atoms with Gasteiger partial charge in [0.05, 0.1) is 23.0 Å². The minimum absolute atomic E-state index is 0.00886. The van der Waals surface area contributed by atoms with Crippen LogP contribution in [0.25, 0.3) is 0 Å². The fourth-order valence-electron chi connectivity index (χ4n) is 2.18. The Labute approximate surface area is 169 Å². The summed E-state index contributed by atoms with van der Waals surface area (Å²) in [5.41, 5.74) is 1.28. The highest BCUT2D eigenvalue weighted by Crippen LogP contribution is 2.25. The zero-order chi connectivity index (χ0) is 20.1. The number of aromatic nitrogens is 3. The van der Waals surface area contributed by atoms with Crippen LogP contribution in [0.5, 0.6) is 11.8 Å². The van der Waals surface area contributed by atoms with Crippen molar-refractivity contribution in [1.29, 1.82) is 0 Å². The highest BCUT2D eigenvalue weighted by Gasteiger charge is 2.14. The topological polar surface area (TPSA) is 106 Å². The molecule has 0 saturated carbocycles. The Morgan fingerprint density at radius 1 is 1.07 bits per heavy atom. The molecule has 3 aromatic rings. The smallest absolute Gasteiger partial charge is 0.326 e. The van der Waals surface area contributed by atoms with Crippen LogP contribution >= 0.6 is 23.2 Å². The minimum Gasteiger partial charge on any atom is -0.424 e. The number of carbonyl (C=O) groups is 2. The molecule has 0 radical (unpaired) electrons. The fraction of sp³-hybridized carbons (Fsp3) is 0.0556. The molecule has 0 atom stereocenters. The minimum atomic E-state index is -0.709. The van der Waals surface area contributed by atoms with E-state index in [4.69, 9.17) is 27.9 Å². The van der Waals surface area contributed by atoms with Gasteiger partial charge in [0.15, 0.2) is 0 Å². The van der Waals surface area contributed by atoms with E-state index in [2.05, 4.69) is 25.6 Å². The number of nitrogens with one attached hydrogen (secondary N) is 2. The Hall–Kier alpha value is -3.23. The van der Waals surface area contributed by atoms with Gasteiger partial charge in [0.2, 0.25) is 0 Å². The van der Waals surface area contributed by atoms with Crippen LogP contribution in [0.3, 0.4) is 0 Å². The summed E-state index contributed by atoms with van der Waals surface area (Å²) >= 11 is 11.6. The third-order valence-corrected chi connectivity index (χ3v) is 3.96. The molecule has 142 valence electrons. The van der Waals surface area contributed by atoms with Gasteiger partial charge >= 0.3 is 12.0 Å². The number of amides is 3. The predicted octanol–water partition coefficient (Wildman–Crippen LogP) is 4.24. The van der Waals surface area contributed by atoms with E-state index in [9.17, 15) is 9.59 Å². The highest BCUT2D eigenvalue weighted by molar-refractivity contribution is 6.33. The van der Waals surface area contributed by atoms with Gasteiger partial charge in [-0.3, -0.25) is 10.1 Å². The van der Waals surface area contributed by atoms with E-state index in [1.54, 1.807) is 31.2 Å². The third kappa shape index (κ3) is 4.93. The predicted molar refractivity (Wildman–Crippen MR) is 104 cm³/mol. The van der Waals surface area contributed by atoms with Crippen molar-refractivity contribution in [3.8, 4) is 11.8 Å². The third-order valence-electron chi connectivity index (χ3n) is 3.46. The van der Waals surface area contributed by atoms with E-state index in [1.807, 2.05) is 0 Å². The van der Waals surface area contributed by atoms with Gasteiger partial charge in [-0.25, -0.2) is 19.7 Å². The summed E-state index contributed by atoms with van der Waals surface area (Å²) in [6, 6.07) is 7.37. The SMILES string of the molecule is Cc1cc(NC(=O)NC(=O)c2cccnc2Cl)ccc1Oc1ncc(Cl)cn1. The molecule has 1 aromatic carbocycles. The Morgan fingerprint density at radius 2 is 1.82 bits per heavy atom. The second-order valence-electron chi connectivity index (χ2n) is 5.52. The van der Waals surface area contributed by atoms with Crippen LogP contribution in [0.4, 0.5) is 10.5 Å². The monoisotopic (exact) mass is 417 g/mol.